The average Bonchev–Trinajstić information content (AvgIpc) is 2.68. The third-order valence-corrected chi connectivity index (χ3v) is 4.80. The number of aromatic nitrogens is 2. The van der Waals surface area contributed by atoms with Gasteiger partial charge in [-0.05, 0) is 37.1 Å². The van der Waals surface area contributed by atoms with Crippen molar-refractivity contribution in [3.63, 3.8) is 0 Å². The molecule has 0 aliphatic carbocycles. The van der Waals surface area contributed by atoms with Gasteiger partial charge in [-0.15, -0.1) is 0 Å². The first kappa shape index (κ1) is 15.5. The van der Waals surface area contributed by atoms with Crippen LogP contribution < -0.4 is 10.5 Å². The summed E-state index contributed by atoms with van der Waals surface area (Å²) in [7, 11) is -2.24. The molecule has 0 spiro atoms. The highest BCUT2D eigenvalue weighted by Gasteiger charge is 2.23. The number of anilines is 1. The molecule has 0 amide bonds. The Morgan fingerprint density at radius 3 is 2.43 bits per heavy atom. The molecule has 1 aromatic heterocycles. The van der Waals surface area contributed by atoms with Crippen molar-refractivity contribution < 1.29 is 12.8 Å². The number of sulfonamides is 1. The lowest BCUT2D eigenvalue weighted by Gasteiger charge is -2.14. The normalized spacial score (nSPS) is 11.7. The van der Waals surface area contributed by atoms with Gasteiger partial charge < -0.3 is 5.73 Å². The van der Waals surface area contributed by atoms with E-state index in [1.54, 1.807) is 20.9 Å². The first-order valence-electron chi connectivity index (χ1n) is 6.26. The van der Waals surface area contributed by atoms with Gasteiger partial charge in [-0.1, -0.05) is 0 Å². The monoisotopic (exact) mass is 312 g/mol. The summed E-state index contributed by atoms with van der Waals surface area (Å²) in [5.74, 6) is -0.159. The lowest BCUT2D eigenvalue weighted by Crippen LogP contribution is -2.19. The van der Waals surface area contributed by atoms with Crippen LogP contribution in [0.4, 0.5) is 10.2 Å². The molecule has 0 atom stereocenters. The van der Waals surface area contributed by atoms with Crippen LogP contribution in [0.2, 0.25) is 0 Å². The second kappa shape index (κ2) is 5.45. The summed E-state index contributed by atoms with van der Waals surface area (Å²) in [6.07, 6.45) is 1.50. The lowest BCUT2D eigenvalue weighted by molar-refractivity contribution is 0.596. The van der Waals surface area contributed by atoms with Gasteiger partial charge in [0.15, 0.2) is 0 Å². The Labute approximate surface area is 122 Å². The molecule has 1 heterocycles. The largest absolute Gasteiger partial charge is 0.326 e. The number of rotatable bonds is 4. The molecule has 2 aromatic rings. The van der Waals surface area contributed by atoms with Crippen molar-refractivity contribution in [1.29, 1.82) is 0 Å². The number of nitrogens with zero attached hydrogens (tertiary/aromatic N) is 2. The second-order valence-electron chi connectivity index (χ2n) is 4.82. The molecule has 0 saturated carbocycles. The Kier molecular flexibility index (Phi) is 4.02. The fraction of sp³-hybridized carbons (Fsp3) is 0.308. The van der Waals surface area contributed by atoms with Crippen LogP contribution in [0.25, 0.3) is 0 Å². The molecule has 0 saturated heterocycles. The molecule has 0 radical (unpaired) electrons. The molecule has 0 unspecified atom stereocenters. The highest BCUT2D eigenvalue weighted by Crippen LogP contribution is 2.25. The third-order valence-electron chi connectivity index (χ3n) is 3.16. The van der Waals surface area contributed by atoms with E-state index >= 15 is 0 Å². The molecule has 0 aliphatic rings. The SMILES string of the molecule is Cc1cc(F)cc(C)c1S(=O)(=O)Nc1c(CN)cnn1C. The van der Waals surface area contributed by atoms with Gasteiger partial charge in [0.1, 0.15) is 11.6 Å². The zero-order valence-electron chi connectivity index (χ0n) is 12.0. The van der Waals surface area contributed by atoms with E-state index < -0.39 is 15.8 Å². The van der Waals surface area contributed by atoms with Gasteiger partial charge in [-0.3, -0.25) is 9.40 Å². The minimum Gasteiger partial charge on any atom is -0.326 e. The third kappa shape index (κ3) is 2.91. The van der Waals surface area contributed by atoms with Crippen LogP contribution in [0.5, 0.6) is 0 Å². The number of hydrogen-bond acceptors (Lipinski definition) is 4. The summed E-state index contributed by atoms with van der Waals surface area (Å²) >= 11 is 0. The van der Waals surface area contributed by atoms with Crippen molar-refractivity contribution in [3.8, 4) is 0 Å². The Bertz CT molecular complexity index is 760. The zero-order valence-corrected chi connectivity index (χ0v) is 12.8. The van der Waals surface area contributed by atoms with E-state index in [0.29, 0.717) is 22.5 Å². The van der Waals surface area contributed by atoms with Crippen molar-refractivity contribution in [3.05, 3.63) is 40.8 Å². The number of aryl methyl sites for hydroxylation is 3. The van der Waals surface area contributed by atoms with Crippen LogP contribution in [0.3, 0.4) is 0 Å². The molecule has 21 heavy (non-hydrogen) atoms. The number of nitrogens with two attached hydrogens (primary N) is 1. The molecule has 0 fully saturated rings. The van der Waals surface area contributed by atoms with E-state index in [9.17, 15) is 12.8 Å². The molecule has 1 aromatic carbocycles. The predicted octanol–water partition coefficient (Wildman–Crippen LogP) is 1.44. The minimum atomic E-state index is -3.85. The van der Waals surface area contributed by atoms with Crippen LogP contribution in [0.15, 0.2) is 23.2 Å². The maximum atomic E-state index is 13.3. The Morgan fingerprint density at radius 2 is 1.90 bits per heavy atom. The Morgan fingerprint density at radius 1 is 1.33 bits per heavy atom. The van der Waals surface area contributed by atoms with Gasteiger partial charge >= 0.3 is 0 Å². The fourth-order valence-corrected chi connectivity index (χ4v) is 3.85. The van der Waals surface area contributed by atoms with E-state index in [4.69, 9.17) is 5.73 Å². The van der Waals surface area contributed by atoms with Crippen molar-refractivity contribution in [1.82, 2.24) is 9.78 Å². The molecule has 2 rings (SSSR count). The first-order valence-corrected chi connectivity index (χ1v) is 7.75. The van der Waals surface area contributed by atoms with E-state index in [0.717, 1.165) is 0 Å². The van der Waals surface area contributed by atoms with E-state index in [2.05, 4.69) is 9.82 Å². The van der Waals surface area contributed by atoms with Crippen molar-refractivity contribution in [2.24, 2.45) is 12.8 Å². The van der Waals surface area contributed by atoms with Gasteiger partial charge in [0.05, 0.1) is 11.1 Å². The lowest BCUT2D eigenvalue weighted by atomic mass is 10.1. The molecule has 0 bridgehead atoms. The molecular weight excluding hydrogens is 295 g/mol. The van der Waals surface area contributed by atoms with Gasteiger partial charge in [0.2, 0.25) is 0 Å². The highest BCUT2D eigenvalue weighted by molar-refractivity contribution is 7.92. The maximum Gasteiger partial charge on any atom is 0.263 e. The summed E-state index contributed by atoms with van der Waals surface area (Å²) < 4.78 is 42.3. The summed E-state index contributed by atoms with van der Waals surface area (Å²) in [6, 6.07) is 2.38. The van der Waals surface area contributed by atoms with Crippen LogP contribution >= 0.6 is 0 Å². The Hall–Kier alpha value is -1.93. The zero-order chi connectivity index (χ0) is 15.8. The summed E-state index contributed by atoms with van der Waals surface area (Å²) in [6.45, 7) is 3.27. The molecule has 0 aliphatic heterocycles. The topological polar surface area (TPSA) is 90.0 Å². The second-order valence-corrected chi connectivity index (χ2v) is 6.44. The van der Waals surface area contributed by atoms with Crippen LogP contribution in [0.1, 0.15) is 16.7 Å². The number of benzene rings is 1. The molecule has 6 nitrogen and oxygen atoms in total. The van der Waals surface area contributed by atoms with Gasteiger partial charge in [0, 0.05) is 19.2 Å². The predicted molar refractivity (Wildman–Crippen MR) is 77.8 cm³/mol. The molecule has 8 heteroatoms. The quantitative estimate of drug-likeness (QED) is 0.894. The first-order chi connectivity index (χ1) is 9.76. The molecular formula is C13H17FN4O2S. The van der Waals surface area contributed by atoms with Crippen molar-refractivity contribution in [2.45, 2.75) is 25.3 Å². The van der Waals surface area contributed by atoms with Crippen LogP contribution in [-0.4, -0.2) is 18.2 Å². The van der Waals surface area contributed by atoms with Gasteiger partial charge in [-0.2, -0.15) is 5.10 Å². The van der Waals surface area contributed by atoms with E-state index in [-0.39, 0.29) is 11.4 Å². The molecule has 3 N–H and O–H groups in total. The number of halogens is 1. The summed E-state index contributed by atoms with van der Waals surface area (Å²) in [4.78, 5) is 0.0630. The maximum absolute atomic E-state index is 13.3. The smallest absolute Gasteiger partial charge is 0.263 e. The van der Waals surface area contributed by atoms with Gasteiger partial charge in [0.25, 0.3) is 10.0 Å². The van der Waals surface area contributed by atoms with Crippen molar-refractivity contribution >= 4 is 15.8 Å². The Balaban J connectivity index is 2.51. The van der Waals surface area contributed by atoms with Gasteiger partial charge in [-0.25, -0.2) is 12.8 Å². The molecule has 114 valence electrons. The van der Waals surface area contributed by atoms with Crippen LogP contribution in [0, 0.1) is 19.7 Å². The number of hydrogen-bond donors (Lipinski definition) is 2. The average molecular weight is 312 g/mol. The number of nitrogens with one attached hydrogen (secondary N) is 1. The van der Waals surface area contributed by atoms with E-state index in [1.165, 1.54) is 23.0 Å². The van der Waals surface area contributed by atoms with E-state index in [1.807, 2.05) is 0 Å². The highest BCUT2D eigenvalue weighted by atomic mass is 32.2. The minimum absolute atomic E-state index is 0.0630. The standard InChI is InChI=1S/C13H17FN4O2S/c1-8-4-11(14)5-9(2)12(8)21(19,20)17-13-10(6-15)7-16-18(13)3/h4-5,7,17H,6,15H2,1-3H3. The fourth-order valence-electron chi connectivity index (χ4n) is 2.26. The van der Waals surface area contributed by atoms with Crippen LogP contribution in [-0.2, 0) is 23.6 Å². The van der Waals surface area contributed by atoms with Crippen molar-refractivity contribution in [2.75, 3.05) is 4.72 Å². The summed E-state index contributed by atoms with van der Waals surface area (Å²) in [5.41, 5.74) is 6.83. The summed E-state index contributed by atoms with van der Waals surface area (Å²) in [5, 5.41) is 3.97.